The van der Waals surface area contributed by atoms with Gasteiger partial charge in [0, 0.05) is 0 Å². The average molecular weight is 529 g/mol. The molecule has 3 aromatic rings. The summed E-state index contributed by atoms with van der Waals surface area (Å²) in [5.74, 6) is 1.14. The molecule has 0 spiro atoms. The zero-order valence-electron chi connectivity index (χ0n) is 18.0. The van der Waals surface area contributed by atoms with Crippen LogP contribution in [0.5, 0.6) is 17.2 Å². The Hall–Kier alpha value is -3.42. The number of anilines is 1. The number of benzene rings is 2. The topological polar surface area (TPSA) is 106 Å². The van der Waals surface area contributed by atoms with Crippen LogP contribution in [0.1, 0.15) is 17.5 Å². The van der Waals surface area contributed by atoms with Crippen molar-refractivity contribution in [1.29, 1.82) is 5.26 Å². The maximum Gasteiger partial charge on any atom is 0.268 e. The van der Waals surface area contributed by atoms with Gasteiger partial charge in [0.2, 0.25) is 5.13 Å². The molecule has 0 radical (unpaired) electrons. The molecule has 2 aromatic carbocycles. The van der Waals surface area contributed by atoms with Crippen LogP contribution >= 0.6 is 27.3 Å². The predicted octanol–water partition coefficient (Wildman–Crippen LogP) is 4.88. The van der Waals surface area contributed by atoms with Crippen molar-refractivity contribution in [2.75, 3.05) is 25.6 Å². The summed E-state index contributed by atoms with van der Waals surface area (Å²) in [6.45, 7) is 2.60. The largest absolute Gasteiger partial charge is 0.493 e. The number of carbonyl (C=O) groups excluding carboxylic acids is 1. The van der Waals surface area contributed by atoms with Gasteiger partial charge in [-0.3, -0.25) is 10.1 Å². The summed E-state index contributed by atoms with van der Waals surface area (Å²) in [5, 5.41) is 21.1. The summed E-state index contributed by atoms with van der Waals surface area (Å²) in [6.07, 6.45) is 2.18. The Kier molecular flexibility index (Phi) is 8.80. The molecule has 0 aliphatic heterocycles. The van der Waals surface area contributed by atoms with Crippen molar-refractivity contribution < 1.29 is 19.0 Å². The molecule has 0 saturated carbocycles. The summed E-state index contributed by atoms with van der Waals surface area (Å²) >= 11 is 4.74. The zero-order chi connectivity index (χ0) is 23.6. The van der Waals surface area contributed by atoms with E-state index in [1.807, 2.05) is 43.3 Å². The van der Waals surface area contributed by atoms with E-state index in [-0.39, 0.29) is 5.57 Å². The highest BCUT2D eigenvalue weighted by molar-refractivity contribution is 9.10. The van der Waals surface area contributed by atoms with Gasteiger partial charge in [-0.2, -0.15) is 5.26 Å². The normalized spacial score (nSPS) is 10.9. The monoisotopic (exact) mass is 528 g/mol. The summed E-state index contributed by atoms with van der Waals surface area (Å²) < 4.78 is 17.5. The van der Waals surface area contributed by atoms with Crippen LogP contribution in [-0.4, -0.2) is 36.4 Å². The number of ether oxygens (including phenoxy) is 3. The van der Waals surface area contributed by atoms with Crippen LogP contribution in [0.25, 0.3) is 6.08 Å². The highest BCUT2D eigenvalue weighted by Crippen LogP contribution is 2.37. The number of nitriles is 1. The number of aromatic nitrogens is 2. The molecule has 8 nitrogen and oxygen atoms in total. The van der Waals surface area contributed by atoms with Gasteiger partial charge in [0.25, 0.3) is 5.91 Å². The van der Waals surface area contributed by atoms with E-state index in [0.29, 0.717) is 39.9 Å². The predicted molar refractivity (Wildman–Crippen MR) is 130 cm³/mol. The highest BCUT2D eigenvalue weighted by atomic mass is 79.9. The zero-order valence-corrected chi connectivity index (χ0v) is 20.4. The highest BCUT2D eigenvalue weighted by Gasteiger charge is 2.15. The van der Waals surface area contributed by atoms with Crippen LogP contribution in [0.2, 0.25) is 0 Å². The number of carbonyl (C=O) groups is 1. The lowest BCUT2D eigenvalue weighted by molar-refractivity contribution is -0.112. The minimum absolute atomic E-state index is 0.0814. The summed E-state index contributed by atoms with van der Waals surface area (Å²) in [4.78, 5) is 12.5. The number of nitrogens with one attached hydrogen (secondary N) is 1. The third-order valence-electron chi connectivity index (χ3n) is 4.26. The Morgan fingerprint density at radius 3 is 2.64 bits per heavy atom. The number of hydrogen-bond donors (Lipinski definition) is 1. The van der Waals surface area contributed by atoms with E-state index in [0.717, 1.165) is 17.2 Å². The number of nitrogens with zero attached hydrogens (tertiary/aromatic N) is 3. The van der Waals surface area contributed by atoms with Crippen molar-refractivity contribution in [3.8, 4) is 23.3 Å². The van der Waals surface area contributed by atoms with Crippen LogP contribution in [0.15, 0.2) is 52.5 Å². The molecule has 1 aromatic heterocycles. The minimum Gasteiger partial charge on any atom is -0.493 e. The second-order valence-corrected chi connectivity index (χ2v) is 8.44. The van der Waals surface area contributed by atoms with Gasteiger partial charge in [-0.15, -0.1) is 10.2 Å². The second-order valence-electron chi connectivity index (χ2n) is 6.52. The molecule has 10 heteroatoms. The first-order valence-corrected chi connectivity index (χ1v) is 11.6. The summed E-state index contributed by atoms with van der Waals surface area (Å²) in [6, 6.07) is 14.8. The van der Waals surface area contributed by atoms with Crippen molar-refractivity contribution in [3.05, 3.63) is 63.1 Å². The third kappa shape index (κ3) is 6.78. The van der Waals surface area contributed by atoms with Gasteiger partial charge in [0.15, 0.2) is 11.5 Å². The second kappa shape index (κ2) is 12.0. The fourth-order valence-electron chi connectivity index (χ4n) is 2.71. The molecule has 1 amide bonds. The Labute approximate surface area is 204 Å². The quantitative estimate of drug-likeness (QED) is 0.227. The Balaban J connectivity index is 1.69. The number of methoxy groups -OCH3 is 1. The molecule has 0 fully saturated rings. The number of hydrogen-bond acceptors (Lipinski definition) is 8. The third-order valence-corrected chi connectivity index (χ3v) is 5.83. The van der Waals surface area contributed by atoms with E-state index >= 15 is 0 Å². The molecule has 33 heavy (non-hydrogen) atoms. The molecule has 0 saturated heterocycles. The van der Waals surface area contributed by atoms with Crippen LogP contribution < -0.4 is 19.5 Å². The van der Waals surface area contributed by atoms with E-state index in [2.05, 4.69) is 31.4 Å². The fraction of sp³-hybridized carbons (Fsp3) is 0.217. The van der Waals surface area contributed by atoms with Gasteiger partial charge in [-0.1, -0.05) is 36.5 Å². The van der Waals surface area contributed by atoms with Crippen LogP contribution in [0, 0.1) is 11.3 Å². The molecular weight excluding hydrogens is 508 g/mol. The van der Waals surface area contributed by atoms with Gasteiger partial charge in [-0.05, 0) is 58.3 Å². The van der Waals surface area contributed by atoms with Crippen molar-refractivity contribution in [2.24, 2.45) is 0 Å². The molecule has 0 unspecified atom stereocenters. The van der Waals surface area contributed by atoms with E-state index < -0.39 is 5.91 Å². The molecule has 0 aliphatic rings. The van der Waals surface area contributed by atoms with E-state index in [1.54, 1.807) is 12.1 Å². The first-order chi connectivity index (χ1) is 16.0. The maximum absolute atomic E-state index is 12.5. The van der Waals surface area contributed by atoms with Crippen LogP contribution in [0.4, 0.5) is 5.13 Å². The van der Waals surface area contributed by atoms with Crippen molar-refractivity contribution >= 4 is 44.4 Å². The average Bonchev–Trinajstić information content (AvgIpc) is 3.29. The van der Waals surface area contributed by atoms with E-state index in [4.69, 9.17) is 14.2 Å². The van der Waals surface area contributed by atoms with Gasteiger partial charge in [0.05, 0.1) is 11.6 Å². The van der Waals surface area contributed by atoms with Gasteiger partial charge in [-0.25, -0.2) is 0 Å². The summed E-state index contributed by atoms with van der Waals surface area (Å²) in [5.41, 5.74) is 0.506. The molecule has 0 atom stereocenters. The van der Waals surface area contributed by atoms with E-state index in [1.165, 1.54) is 24.5 Å². The molecular formula is C23H21BrN4O4S. The SMILES string of the molecule is CCc1nnc(NC(=O)C(C#N)=Cc2cc(Br)c(OCCOc3ccccc3)c(OC)c2)s1. The van der Waals surface area contributed by atoms with E-state index in [9.17, 15) is 10.1 Å². The maximum atomic E-state index is 12.5. The molecule has 1 heterocycles. The first kappa shape index (κ1) is 24.2. The van der Waals surface area contributed by atoms with Gasteiger partial charge in [0.1, 0.15) is 35.6 Å². The number of aryl methyl sites for hydroxylation is 1. The van der Waals surface area contributed by atoms with Gasteiger partial charge < -0.3 is 14.2 Å². The number of halogens is 1. The Morgan fingerprint density at radius 1 is 1.21 bits per heavy atom. The van der Waals surface area contributed by atoms with Crippen molar-refractivity contribution in [3.63, 3.8) is 0 Å². The smallest absolute Gasteiger partial charge is 0.268 e. The molecule has 0 bridgehead atoms. The Morgan fingerprint density at radius 2 is 1.97 bits per heavy atom. The Bertz CT molecular complexity index is 1170. The number of amides is 1. The fourth-order valence-corrected chi connectivity index (χ4v) is 3.96. The first-order valence-electron chi connectivity index (χ1n) is 9.97. The lowest BCUT2D eigenvalue weighted by Gasteiger charge is -2.14. The number of rotatable bonds is 10. The van der Waals surface area contributed by atoms with Crippen LogP contribution in [-0.2, 0) is 11.2 Å². The number of para-hydroxylation sites is 1. The summed E-state index contributed by atoms with van der Waals surface area (Å²) in [7, 11) is 1.52. The minimum atomic E-state index is -0.565. The lowest BCUT2D eigenvalue weighted by atomic mass is 10.1. The molecule has 170 valence electrons. The standard InChI is InChI=1S/C23H21BrN4O4S/c1-3-20-27-28-23(33-20)26-22(29)16(14-25)11-15-12-18(24)21(19(13-15)30-2)32-10-9-31-17-7-5-4-6-8-17/h4-8,11-13H,3,9-10H2,1-2H3,(H,26,28,29). The van der Waals surface area contributed by atoms with Crippen molar-refractivity contribution in [1.82, 2.24) is 10.2 Å². The lowest BCUT2D eigenvalue weighted by Crippen LogP contribution is -2.13. The van der Waals surface area contributed by atoms with Crippen LogP contribution in [0.3, 0.4) is 0 Å². The van der Waals surface area contributed by atoms with Crippen molar-refractivity contribution in [2.45, 2.75) is 13.3 Å². The van der Waals surface area contributed by atoms with Gasteiger partial charge >= 0.3 is 0 Å². The molecule has 0 aliphatic carbocycles. The molecule has 3 rings (SSSR count). The molecule has 1 N–H and O–H groups in total.